The minimum atomic E-state index is -2.58. The Morgan fingerprint density at radius 3 is 2.50 bits per heavy atom. The Bertz CT molecular complexity index is 550. The lowest BCUT2D eigenvalue weighted by Crippen LogP contribution is -2.04. The van der Waals surface area contributed by atoms with Crippen LogP contribution in [0.5, 0.6) is 0 Å². The average molecular weight is 253 g/mol. The highest BCUT2D eigenvalue weighted by Crippen LogP contribution is 2.26. The molecule has 0 aliphatic carbocycles. The monoisotopic (exact) mass is 253 g/mol. The van der Waals surface area contributed by atoms with Gasteiger partial charge in [-0.2, -0.15) is 4.80 Å². The summed E-state index contributed by atoms with van der Waals surface area (Å²) in [7, 11) is 0. The van der Waals surface area contributed by atoms with E-state index in [1.165, 1.54) is 16.9 Å². The normalized spacial score (nSPS) is 11.4. The molecule has 0 aliphatic heterocycles. The summed E-state index contributed by atoms with van der Waals surface area (Å²) < 4.78 is 25.3. The van der Waals surface area contributed by atoms with Crippen molar-refractivity contribution in [2.24, 2.45) is 0 Å². The second-order valence-electron chi connectivity index (χ2n) is 4.22. The van der Waals surface area contributed by atoms with Gasteiger partial charge in [-0.3, -0.25) is 0 Å². The third kappa shape index (κ3) is 2.44. The zero-order valence-corrected chi connectivity index (χ0v) is 10.0. The van der Waals surface area contributed by atoms with E-state index < -0.39 is 6.43 Å². The highest BCUT2D eigenvalue weighted by Gasteiger charge is 2.13. The zero-order valence-electron chi connectivity index (χ0n) is 10.0. The predicted octanol–water partition coefficient (Wildman–Crippen LogP) is 2.44. The molecule has 5 nitrogen and oxygen atoms in total. The van der Waals surface area contributed by atoms with E-state index in [1.54, 1.807) is 6.07 Å². The summed E-state index contributed by atoms with van der Waals surface area (Å²) in [6.07, 6.45) is -2.58. The maximum absolute atomic E-state index is 12.7. The van der Waals surface area contributed by atoms with Gasteiger partial charge < -0.3 is 5.73 Å². The van der Waals surface area contributed by atoms with Crippen molar-refractivity contribution >= 4 is 5.69 Å². The third-order valence-corrected chi connectivity index (χ3v) is 2.38. The minimum absolute atomic E-state index is 0.0573. The van der Waals surface area contributed by atoms with Gasteiger partial charge in [0, 0.05) is 16.8 Å². The van der Waals surface area contributed by atoms with Crippen LogP contribution in [0.2, 0.25) is 0 Å². The first kappa shape index (κ1) is 12.4. The summed E-state index contributed by atoms with van der Waals surface area (Å²) in [4.78, 5) is 1.42. The quantitative estimate of drug-likeness (QED) is 0.853. The number of nitrogens with two attached hydrogens (primary N) is 1. The van der Waals surface area contributed by atoms with Crippen LogP contribution in [0.15, 0.2) is 18.2 Å². The van der Waals surface area contributed by atoms with E-state index in [0.717, 1.165) is 0 Å². The average Bonchev–Trinajstić information content (AvgIpc) is 2.77. The molecule has 0 amide bonds. The van der Waals surface area contributed by atoms with Gasteiger partial charge in [-0.25, -0.2) is 8.78 Å². The van der Waals surface area contributed by atoms with E-state index in [2.05, 4.69) is 15.4 Å². The molecule has 0 saturated carbocycles. The van der Waals surface area contributed by atoms with E-state index in [9.17, 15) is 8.78 Å². The smallest absolute Gasteiger partial charge is 0.263 e. The fourth-order valence-electron chi connectivity index (χ4n) is 1.49. The predicted molar refractivity (Wildman–Crippen MR) is 63.0 cm³/mol. The highest BCUT2D eigenvalue weighted by atomic mass is 19.3. The number of halogens is 2. The summed E-state index contributed by atoms with van der Waals surface area (Å²) in [5.74, 6) is 0.290. The lowest BCUT2D eigenvalue weighted by molar-refractivity contribution is 0.151. The summed E-state index contributed by atoms with van der Waals surface area (Å²) in [5.41, 5.74) is 6.13. The molecule has 0 unspecified atom stereocenters. The van der Waals surface area contributed by atoms with Gasteiger partial charge in [-0.15, -0.1) is 10.2 Å². The van der Waals surface area contributed by atoms with Gasteiger partial charge in [0.2, 0.25) is 5.82 Å². The standard InChI is InChI=1S/C11H13F2N5/c1-6(2)18-16-11(15-17-18)8-3-7(10(12)13)4-9(14)5-8/h3-6,10H,14H2,1-2H3. The van der Waals surface area contributed by atoms with Crippen LogP contribution in [0.25, 0.3) is 11.4 Å². The van der Waals surface area contributed by atoms with Crippen molar-refractivity contribution < 1.29 is 8.78 Å². The first-order chi connectivity index (χ1) is 8.47. The second kappa shape index (κ2) is 4.67. The van der Waals surface area contributed by atoms with Gasteiger partial charge >= 0.3 is 0 Å². The molecule has 1 heterocycles. The molecule has 96 valence electrons. The van der Waals surface area contributed by atoms with Crippen LogP contribution in [-0.4, -0.2) is 20.2 Å². The van der Waals surface area contributed by atoms with Gasteiger partial charge in [0.15, 0.2) is 0 Å². The van der Waals surface area contributed by atoms with Crippen LogP contribution in [0.3, 0.4) is 0 Å². The van der Waals surface area contributed by atoms with Crippen LogP contribution in [-0.2, 0) is 0 Å². The van der Waals surface area contributed by atoms with Crippen molar-refractivity contribution in [3.8, 4) is 11.4 Å². The van der Waals surface area contributed by atoms with Crippen molar-refractivity contribution in [3.63, 3.8) is 0 Å². The molecule has 0 radical (unpaired) electrons. The van der Waals surface area contributed by atoms with Crippen molar-refractivity contribution in [1.29, 1.82) is 0 Å². The summed E-state index contributed by atoms with van der Waals surface area (Å²) >= 11 is 0. The maximum Gasteiger partial charge on any atom is 0.263 e. The molecule has 2 rings (SSSR count). The second-order valence-corrected chi connectivity index (χ2v) is 4.22. The Hall–Kier alpha value is -2.05. The molecule has 0 spiro atoms. The van der Waals surface area contributed by atoms with Gasteiger partial charge in [-0.1, -0.05) is 0 Å². The largest absolute Gasteiger partial charge is 0.399 e. The van der Waals surface area contributed by atoms with Crippen LogP contribution in [0.1, 0.15) is 31.9 Å². The number of aromatic nitrogens is 4. The molecule has 7 heteroatoms. The first-order valence-corrected chi connectivity index (χ1v) is 5.46. The summed E-state index contributed by atoms with van der Waals surface area (Å²) in [6, 6.07) is 4.17. The molecule has 0 saturated heterocycles. The van der Waals surface area contributed by atoms with Gasteiger partial charge in [-0.05, 0) is 37.3 Å². The fraction of sp³-hybridized carbons (Fsp3) is 0.364. The molecule has 0 bridgehead atoms. The van der Waals surface area contributed by atoms with Gasteiger partial charge in [0.1, 0.15) is 0 Å². The molecule has 0 atom stereocenters. The third-order valence-electron chi connectivity index (χ3n) is 2.38. The summed E-state index contributed by atoms with van der Waals surface area (Å²) in [6.45, 7) is 3.80. The number of tetrazole rings is 1. The lowest BCUT2D eigenvalue weighted by Gasteiger charge is -2.04. The van der Waals surface area contributed by atoms with E-state index in [-0.39, 0.29) is 23.1 Å². The fourth-order valence-corrected chi connectivity index (χ4v) is 1.49. The van der Waals surface area contributed by atoms with E-state index >= 15 is 0 Å². The number of nitrogens with zero attached hydrogens (tertiary/aromatic N) is 4. The van der Waals surface area contributed by atoms with E-state index in [4.69, 9.17) is 5.73 Å². The Balaban J connectivity index is 2.43. The number of nitrogen functional groups attached to an aromatic ring is 1. The van der Waals surface area contributed by atoms with Crippen LogP contribution in [0, 0.1) is 0 Å². The SMILES string of the molecule is CC(C)n1nnc(-c2cc(N)cc(C(F)F)c2)n1. The Labute approximate surface area is 103 Å². The molecular formula is C11H13F2N5. The minimum Gasteiger partial charge on any atom is -0.399 e. The van der Waals surface area contributed by atoms with Crippen molar-refractivity contribution in [3.05, 3.63) is 23.8 Å². The highest BCUT2D eigenvalue weighted by molar-refractivity contribution is 5.62. The Morgan fingerprint density at radius 2 is 1.94 bits per heavy atom. The Kier molecular flexibility index (Phi) is 3.22. The molecule has 1 aromatic carbocycles. The molecule has 18 heavy (non-hydrogen) atoms. The van der Waals surface area contributed by atoms with Crippen molar-refractivity contribution in [2.45, 2.75) is 26.3 Å². The number of rotatable bonds is 3. The molecule has 0 fully saturated rings. The molecule has 2 aromatic rings. The number of hydrogen-bond donors (Lipinski definition) is 1. The molecule has 0 aliphatic rings. The van der Waals surface area contributed by atoms with Crippen molar-refractivity contribution in [2.75, 3.05) is 5.73 Å². The van der Waals surface area contributed by atoms with Crippen LogP contribution >= 0.6 is 0 Å². The lowest BCUT2D eigenvalue weighted by atomic mass is 10.1. The topological polar surface area (TPSA) is 69.6 Å². The molecular weight excluding hydrogens is 240 g/mol. The number of hydrogen-bond acceptors (Lipinski definition) is 4. The first-order valence-electron chi connectivity index (χ1n) is 5.46. The molecule has 2 N–H and O–H groups in total. The van der Waals surface area contributed by atoms with Gasteiger partial charge in [0.25, 0.3) is 6.43 Å². The number of anilines is 1. The van der Waals surface area contributed by atoms with E-state index in [1.807, 2.05) is 13.8 Å². The Morgan fingerprint density at radius 1 is 1.22 bits per heavy atom. The number of alkyl halides is 2. The summed E-state index contributed by atoms with van der Waals surface area (Å²) in [5, 5.41) is 11.8. The van der Waals surface area contributed by atoms with E-state index in [0.29, 0.717) is 5.56 Å². The maximum atomic E-state index is 12.7. The zero-order chi connectivity index (χ0) is 13.3. The van der Waals surface area contributed by atoms with Crippen LogP contribution in [0.4, 0.5) is 14.5 Å². The van der Waals surface area contributed by atoms with Crippen molar-refractivity contribution in [1.82, 2.24) is 20.2 Å². The number of benzene rings is 1. The van der Waals surface area contributed by atoms with Crippen LogP contribution < -0.4 is 5.73 Å². The van der Waals surface area contributed by atoms with Gasteiger partial charge in [0.05, 0.1) is 6.04 Å². The molecule has 1 aromatic heterocycles.